The van der Waals surface area contributed by atoms with Crippen LogP contribution in [0.3, 0.4) is 0 Å². The van der Waals surface area contributed by atoms with Crippen LogP contribution in [0.2, 0.25) is 0 Å². The van der Waals surface area contributed by atoms with E-state index in [0.29, 0.717) is 5.92 Å². The van der Waals surface area contributed by atoms with Crippen LogP contribution in [0, 0.1) is 5.92 Å². The summed E-state index contributed by atoms with van der Waals surface area (Å²) in [6.45, 7) is 4.26. The lowest BCUT2D eigenvalue weighted by Crippen LogP contribution is -2.11. The smallest absolute Gasteiger partial charge is 0.0645 e. The van der Waals surface area contributed by atoms with Gasteiger partial charge < -0.3 is 5.11 Å². The molecule has 3 nitrogen and oxygen atoms in total. The van der Waals surface area contributed by atoms with Gasteiger partial charge >= 0.3 is 0 Å². The molecule has 3 heteroatoms. The van der Waals surface area contributed by atoms with Crippen molar-refractivity contribution in [2.75, 3.05) is 0 Å². The van der Waals surface area contributed by atoms with Gasteiger partial charge in [-0.3, -0.25) is 0 Å². The maximum Gasteiger partial charge on any atom is 0.0645 e. The summed E-state index contributed by atoms with van der Waals surface area (Å²) in [7, 11) is 0. The molecule has 0 saturated heterocycles. The first-order chi connectivity index (χ1) is 9.15. The fourth-order valence-corrected chi connectivity index (χ4v) is 2.20. The van der Waals surface area contributed by atoms with Crippen molar-refractivity contribution in [3.8, 4) is 5.69 Å². The van der Waals surface area contributed by atoms with Crippen LogP contribution in [0.4, 0.5) is 0 Å². The van der Waals surface area contributed by atoms with Gasteiger partial charge in [0.15, 0.2) is 0 Å². The van der Waals surface area contributed by atoms with E-state index >= 15 is 0 Å². The average molecular weight is 258 g/mol. The highest BCUT2D eigenvalue weighted by atomic mass is 16.3. The van der Waals surface area contributed by atoms with Crippen molar-refractivity contribution in [2.45, 2.75) is 39.2 Å². The summed E-state index contributed by atoms with van der Waals surface area (Å²) in [6.07, 6.45) is 4.22. The van der Waals surface area contributed by atoms with E-state index in [1.165, 1.54) is 0 Å². The number of aryl methyl sites for hydroxylation is 1. The number of benzene rings is 1. The predicted molar refractivity (Wildman–Crippen MR) is 77.3 cm³/mol. The minimum atomic E-state index is -0.220. The van der Waals surface area contributed by atoms with Crippen molar-refractivity contribution < 1.29 is 5.11 Å². The highest BCUT2D eigenvalue weighted by Gasteiger charge is 2.08. The van der Waals surface area contributed by atoms with Crippen molar-refractivity contribution in [2.24, 2.45) is 5.92 Å². The van der Waals surface area contributed by atoms with E-state index in [-0.39, 0.29) is 6.10 Å². The van der Waals surface area contributed by atoms with Gasteiger partial charge in [0.05, 0.1) is 17.5 Å². The lowest BCUT2D eigenvalue weighted by atomic mass is 10.0. The number of para-hydroxylation sites is 1. The van der Waals surface area contributed by atoms with Crippen LogP contribution in [0.5, 0.6) is 0 Å². The van der Waals surface area contributed by atoms with Crippen LogP contribution in [0.1, 0.15) is 32.4 Å². The molecule has 1 N–H and O–H groups in total. The molecule has 0 fully saturated rings. The van der Waals surface area contributed by atoms with Gasteiger partial charge in [0.2, 0.25) is 0 Å². The van der Waals surface area contributed by atoms with Gasteiger partial charge in [-0.05, 0) is 43.4 Å². The molecule has 0 amide bonds. The Kier molecular flexibility index (Phi) is 4.74. The van der Waals surface area contributed by atoms with E-state index in [4.69, 9.17) is 0 Å². The molecular weight excluding hydrogens is 236 g/mol. The van der Waals surface area contributed by atoms with Gasteiger partial charge in [-0.1, -0.05) is 32.0 Å². The normalized spacial score (nSPS) is 12.8. The monoisotopic (exact) mass is 258 g/mol. The second-order valence-electron chi connectivity index (χ2n) is 5.41. The second kappa shape index (κ2) is 6.53. The second-order valence-corrected chi connectivity index (χ2v) is 5.41. The third kappa shape index (κ3) is 4.21. The van der Waals surface area contributed by atoms with E-state index in [1.54, 1.807) is 0 Å². The summed E-state index contributed by atoms with van der Waals surface area (Å²) in [5, 5.41) is 14.4. The van der Waals surface area contributed by atoms with Crippen LogP contribution in [0.15, 0.2) is 42.6 Å². The summed E-state index contributed by atoms with van der Waals surface area (Å²) in [6, 6.07) is 12.1. The maximum absolute atomic E-state index is 9.87. The Balaban J connectivity index is 1.91. The van der Waals surface area contributed by atoms with Crippen molar-refractivity contribution in [1.82, 2.24) is 9.78 Å². The molecule has 0 aliphatic carbocycles. The van der Waals surface area contributed by atoms with E-state index in [0.717, 1.165) is 30.6 Å². The molecule has 1 aromatic carbocycles. The molecule has 1 atom stereocenters. The first-order valence-corrected chi connectivity index (χ1v) is 6.93. The minimum absolute atomic E-state index is 0.220. The van der Waals surface area contributed by atoms with Gasteiger partial charge in [-0.2, -0.15) is 5.10 Å². The zero-order chi connectivity index (χ0) is 13.7. The lowest BCUT2D eigenvalue weighted by molar-refractivity contribution is 0.139. The topological polar surface area (TPSA) is 38.0 Å². The number of hydrogen-bond donors (Lipinski definition) is 1. The predicted octanol–water partition coefficient (Wildman–Crippen LogP) is 3.21. The molecule has 2 rings (SSSR count). The molecule has 0 radical (unpaired) electrons. The third-order valence-electron chi connectivity index (χ3n) is 3.14. The summed E-state index contributed by atoms with van der Waals surface area (Å²) >= 11 is 0. The number of aromatic nitrogens is 2. The van der Waals surface area contributed by atoms with Crippen molar-refractivity contribution >= 4 is 0 Å². The molecule has 1 unspecified atom stereocenters. The first-order valence-electron chi connectivity index (χ1n) is 6.93. The molecule has 19 heavy (non-hydrogen) atoms. The molecular formula is C16H22N2O. The van der Waals surface area contributed by atoms with Gasteiger partial charge in [0, 0.05) is 6.20 Å². The SMILES string of the molecule is CC(C)CC(O)CCc1ccn(-c2ccccc2)n1. The van der Waals surface area contributed by atoms with Crippen molar-refractivity contribution in [3.63, 3.8) is 0 Å². The Bertz CT molecular complexity index is 490. The minimum Gasteiger partial charge on any atom is -0.393 e. The number of nitrogens with zero attached hydrogens (tertiary/aromatic N) is 2. The summed E-state index contributed by atoms with van der Waals surface area (Å²) in [5.74, 6) is 0.539. The highest BCUT2D eigenvalue weighted by Crippen LogP contribution is 2.12. The van der Waals surface area contributed by atoms with Crippen LogP contribution in [0.25, 0.3) is 5.69 Å². The lowest BCUT2D eigenvalue weighted by Gasteiger charge is -2.11. The Hall–Kier alpha value is -1.61. The highest BCUT2D eigenvalue weighted by molar-refractivity contribution is 5.30. The molecule has 1 heterocycles. The van der Waals surface area contributed by atoms with E-state index in [1.807, 2.05) is 47.3 Å². The largest absolute Gasteiger partial charge is 0.393 e. The zero-order valence-corrected chi connectivity index (χ0v) is 11.7. The van der Waals surface area contributed by atoms with Crippen LogP contribution in [-0.4, -0.2) is 21.0 Å². The van der Waals surface area contributed by atoms with Gasteiger partial charge in [0.1, 0.15) is 0 Å². The Morgan fingerprint density at radius 2 is 1.89 bits per heavy atom. The molecule has 2 aromatic rings. The van der Waals surface area contributed by atoms with Gasteiger partial charge in [0.25, 0.3) is 0 Å². The summed E-state index contributed by atoms with van der Waals surface area (Å²) < 4.78 is 1.88. The van der Waals surface area contributed by atoms with Crippen LogP contribution in [-0.2, 0) is 6.42 Å². The fraction of sp³-hybridized carbons (Fsp3) is 0.438. The quantitative estimate of drug-likeness (QED) is 0.864. The molecule has 0 bridgehead atoms. The van der Waals surface area contributed by atoms with Crippen LogP contribution >= 0.6 is 0 Å². The van der Waals surface area contributed by atoms with Crippen molar-refractivity contribution in [3.05, 3.63) is 48.3 Å². The molecule has 1 aromatic heterocycles. The Morgan fingerprint density at radius 1 is 1.16 bits per heavy atom. The number of aliphatic hydroxyl groups excluding tert-OH is 1. The molecule has 0 spiro atoms. The van der Waals surface area contributed by atoms with Crippen molar-refractivity contribution in [1.29, 1.82) is 0 Å². The number of aliphatic hydroxyl groups is 1. The number of hydrogen-bond acceptors (Lipinski definition) is 2. The summed E-state index contributed by atoms with van der Waals surface area (Å²) in [4.78, 5) is 0. The molecule has 0 aliphatic rings. The molecule has 0 aliphatic heterocycles. The zero-order valence-electron chi connectivity index (χ0n) is 11.7. The van der Waals surface area contributed by atoms with Gasteiger partial charge in [-0.25, -0.2) is 4.68 Å². The standard InChI is InChI=1S/C16H22N2O/c1-13(2)12-16(19)9-8-14-10-11-18(17-14)15-6-4-3-5-7-15/h3-7,10-11,13,16,19H,8-9,12H2,1-2H3. The van der Waals surface area contributed by atoms with E-state index in [2.05, 4.69) is 18.9 Å². The third-order valence-corrected chi connectivity index (χ3v) is 3.14. The van der Waals surface area contributed by atoms with E-state index in [9.17, 15) is 5.11 Å². The van der Waals surface area contributed by atoms with Crippen LogP contribution < -0.4 is 0 Å². The average Bonchev–Trinajstić information content (AvgIpc) is 2.85. The Labute approximate surface area is 114 Å². The maximum atomic E-state index is 9.87. The molecule has 102 valence electrons. The number of rotatable bonds is 6. The fourth-order valence-electron chi connectivity index (χ4n) is 2.20. The first kappa shape index (κ1) is 13.8. The summed E-state index contributed by atoms with van der Waals surface area (Å²) in [5.41, 5.74) is 2.10. The molecule has 0 saturated carbocycles. The van der Waals surface area contributed by atoms with Gasteiger partial charge in [-0.15, -0.1) is 0 Å². The van der Waals surface area contributed by atoms with E-state index < -0.39 is 0 Å². The Morgan fingerprint density at radius 3 is 2.58 bits per heavy atom.